The Morgan fingerprint density at radius 3 is 2.47 bits per heavy atom. The van der Waals surface area contributed by atoms with Gasteiger partial charge in [0, 0.05) is 26.3 Å². The largest absolute Gasteiger partial charge is 0.398 e. The Hall–Kier alpha value is -2.11. The van der Waals surface area contributed by atoms with Gasteiger partial charge < -0.3 is 15.5 Å². The fourth-order valence-corrected chi connectivity index (χ4v) is 1.52. The van der Waals surface area contributed by atoms with Crippen molar-refractivity contribution in [2.75, 3.05) is 32.9 Å². The van der Waals surface area contributed by atoms with Crippen LogP contribution in [-0.2, 0) is 4.79 Å². The van der Waals surface area contributed by atoms with Crippen LogP contribution in [0, 0.1) is 5.82 Å². The van der Waals surface area contributed by atoms with Gasteiger partial charge in [0.25, 0.3) is 5.91 Å². The van der Waals surface area contributed by atoms with E-state index in [0.29, 0.717) is 6.54 Å². The second-order valence-electron chi connectivity index (χ2n) is 4.34. The summed E-state index contributed by atoms with van der Waals surface area (Å²) in [7, 11) is 3.22. The van der Waals surface area contributed by atoms with Crippen LogP contribution >= 0.6 is 0 Å². The first kappa shape index (κ1) is 14.9. The summed E-state index contributed by atoms with van der Waals surface area (Å²) >= 11 is 0. The van der Waals surface area contributed by atoms with Crippen molar-refractivity contribution in [2.45, 2.75) is 6.92 Å². The van der Waals surface area contributed by atoms with Gasteiger partial charge in [0.05, 0.1) is 12.1 Å². The van der Waals surface area contributed by atoms with Crippen LogP contribution in [0.2, 0.25) is 0 Å². The van der Waals surface area contributed by atoms with Crippen molar-refractivity contribution >= 4 is 17.5 Å². The Morgan fingerprint density at radius 1 is 1.32 bits per heavy atom. The normalized spacial score (nSPS) is 10.1. The fourth-order valence-electron chi connectivity index (χ4n) is 1.52. The summed E-state index contributed by atoms with van der Waals surface area (Å²) in [6, 6.07) is 3.61. The number of carbonyl (C=O) groups is 2. The highest BCUT2D eigenvalue weighted by Crippen LogP contribution is 2.15. The molecular weight excluding hydrogens is 249 g/mol. The number of nitrogens with two attached hydrogens (primary N) is 1. The van der Waals surface area contributed by atoms with Crippen LogP contribution in [0.1, 0.15) is 17.3 Å². The molecule has 2 amide bonds. The van der Waals surface area contributed by atoms with E-state index < -0.39 is 11.7 Å². The SMILES string of the molecule is CCN(CC(=O)N(C)C)C(=O)c1cc(F)ccc1N. The minimum Gasteiger partial charge on any atom is -0.398 e. The number of benzene rings is 1. The Bertz CT molecular complexity index is 489. The lowest BCUT2D eigenvalue weighted by Crippen LogP contribution is -2.40. The van der Waals surface area contributed by atoms with Gasteiger partial charge in [-0.15, -0.1) is 0 Å². The van der Waals surface area contributed by atoms with E-state index in [0.717, 1.165) is 6.07 Å². The zero-order valence-corrected chi connectivity index (χ0v) is 11.3. The standard InChI is InChI=1S/C13H18FN3O2/c1-4-17(8-12(18)16(2)3)13(19)10-7-9(14)5-6-11(10)15/h5-7H,4,8,15H2,1-3H3. The topological polar surface area (TPSA) is 66.6 Å². The molecule has 0 spiro atoms. The van der Waals surface area contributed by atoms with Crippen LogP contribution in [-0.4, -0.2) is 48.8 Å². The molecule has 0 aromatic heterocycles. The monoisotopic (exact) mass is 267 g/mol. The number of nitrogen functional groups attached to an aromatic ring is 1. The summed E-state index contributed by atoms with van der Waals surface area (Å²) in [6.07, 6.45) is 0. The van der Waals surface area contributed by atoms with Gasteiger partial charge in [-0.3, -0.25) is 9.59 Å². The van der Waals surface area contributed by atoms with E-state index >= 15 is 0 Å². The third kappa shape index (κ3) is 3.67. The first-order valence-electron chi connectivity index (χ1n) is 5.91. The summed E-state index contributed by atoms with van der Waals surface area (Å²) in [5.74, 6) is -1.19. The van der Waals surface area contributed by atoms with Crippen molar-refractivity contribution in [3.8, 4) is 0 Å². The highest BCUT2D eigenvalue weighted by molar-refractivity contribution is 6.00. The van der Waals surface area contributed by atoms with E-state index in [9.17, 15) is 14.0 Å². The van der Waals surface area contributed by atoms with Crippen LogP contribution in [0.3, 0.4) is 0 Å². The van der Waals surface area contributed by atoms with Crippen molar-refractivity contribution in [2.24, 2.45) is 0 Å². The molecule has 0 bridgehead atoms. The molecule has 0 atom stereocenters. The van der Waals surface area contributed by atoms with Gasteiger partial charge >= 0.3 is 0 Å². The average Bonchev–Trinajstić information content (AvgIpc) is 2.37. The third-order valence-electron chi connectivity index (χ3n) is 2.74. The molecular formula is C13H18FN3O2. The van der Waals surface area contributed by atoms with Crippen LogP contribution in [0.15, 0.2) is 18.2 Å². The van der Waals surface area contributed by atoms with E-state index in [-0.39, 0.29) is 23.7 Å². The van der Waals surface area contributed by atoms with Gasteiger partial charge in [0.2, 0.25) is 5.91 Å². The molecule has 1 aromatic carbocycles. The van der Waals surface area contributed by atoms with Gasteiger partial charge in [-0.1, -0.05) is 0 Å². The maximum absolute atomic E-state index is 13.2. The summed E-state index contributed by atoms with van der Waals surface area (Å²) in [4.78, 5) is 26.6. The number of hydrogen-bond donors (Lipinski definition) is 1. The Labute approximate surface area is 111 Å². The van der Waals surface area contributed by atoms with E-state index in [2.05, 4.69) is 0 Å². The minimum absolute atomic E-state index is 0.0573. The minimum atomic E-state index is -0.535. The molecule has 6 heteroatoms. The number of rotatable bonds is 4. The van der Waals surface area contributed by atoms with Crippen molar-refractivity contribution in [1.29, 1.82) is 0 Å². The smallest absolute Gasteiger partial charge is 0.256 e. The number of carbonyl (C=O) groups excluding carboxylic acids is 2. The number of amides is 2. The van der Waals surface area contributed by atoms with Gasteiger partial charge in [-0.05, 0) is 25.1 Å². The average molecular weight is 267 g/mol. The van der Waals surface area contributed by atoms with Gasteiger partial charge in [-0.25, -0.2) is 4.39 Å². The molecule has 0 heterocycles. The first-order valence-corrected chi connectivity index (χ1v) is 5.91. The lowest BCUT2D eigenvalue weighted by molar-refractivity contribution is -0.129. The Kier molecular flexibility index (Phi) is 4.86. The molecule has 5 nitrogen and oxygen atoms in total. The predicted molar refractivity (Wildman–Crippen MR) is 71.1 cm³/mol. The summed E-state index contributed by atoms with van der Waals surface area (Å²) in [6.45, 7) is 2.03. The lowest BCUT2D eigenvalue weighted by atomic mass is 10.1. The molecule has 0 aliphatic heterocycles. The number of hydrogen-bond acceptors (Lipinski definition) is 3. The quantitative estimate of drug-likeness (QED) is 0.826. The molecule has 2 N–H and O–H groups in total. The molecule has 1 aromatic rings. The Morgan fingerprint density at radius 2 is 1.95 bits per heavy atom. The van der Waals surface area contributed by atoms with Gasteiger partial charge in [0.15, 0.2) is 0 Å². The summed E-state index contributed by atoms with van der Waals surface area (Å²) in [5.41, 5.74) is 5.94. The summed E-state index contributed by atoms with van der Waals surface area (Å²) < 4.78 is 13.2. The van der Waals surface area contributed by atoms with Crippen molar-refractivity contribution in [3.05, 3.63) is 29.6 Å². The molecule has 104 valence electrons. The second-order valence-corrected chi connectivity index (χ2v) is 4.34. The predicted octanol–water partition coefficient (Wildman–Crippen LogP) is 0.958. The zero-order valence-electron chi connectivity index (χ0n) is 11.3. The fraction of sp³-hybridized carbons (Fsp3) is 0.385. The Balaban J connectivity index is 2.95. The maximum atomic E-state index is 13.2. The number of anilines is 1. The van der Waals surface area contributed by atoms with E-state index in [1.807, 2.05) is 0 Å². The molecule has 0 fully saturated rings. The van der Waals surface area contributed by atoms with Gasteiger partial charge in [-0.2, -0.15) is 0 Å². The zero-order chi connectivity index (χ0) is 14.6. The van der Waals surface area contributed by atoms with Gasteiger partial charge in [0.1, 0.15) is 5.82 Å². The van der Waals surface area contributed by atoms with Crippen molar-refractivity contribution < 1.29 is 14.0 Å². The molecule has 0 radical (unpaired) electrons. The maximum Gasteiger partial charge on any atom is 0.256 e. The van der Waals surface area contributed by atoms with E-state index in [4.69, 9.17) is 5.73 Å². The van der Waals surface area contributed by atoms with Crippen LogP contribution < -0.4 is 5.73 Å². The summed E-state index contributed by atoms with van der Waals surface area (Å²) in [5, 5.41) is 0. The lowest BCUT2D eigenvalue weighted by Gasteiger charge is -2.22. The second kappa shape index (κ2) is 6.17. The number of likely N-dealkylation sites (N-methyl/N-ethyl adjacent to an activating group) is 2. The molecule has 0 unspecified atom stereocenters. The van der Waals surface area contributed by atoms with Crippen LogP contribution in [0.5, 0.6) is 0 Å². The van der Waals surface area contributed by atoms with Crippen LogP contribution in [0.4, 0.5) is 10.1 Å². The highest BCUT2D eigenvalue weighted by atomic mass is 19.1. The molecule has 1 rings (SSSR count). The van der Waals surface area contributed by atoms with Crippen molar-refractivity contribution in [1.82, 2.24) is 9.80 Å². The molecule has 0 aliphatic carbocycles. The third-order valence-corrected chi connectivity index (χ3v) is 2.74. The van der Waals surface area contributed by atoms with E-state index in [1.54, 1.807) is 21.0 Å². The molecule has 0 saturated heterocycles. The molecule has 0 saturated carbocycles. The first-order chi connectivity index (χ1) is 8.86. The number of halogens is 1. The molecule has 0 aliphatic rings. The highest BCUT2D eigenvalue weighted by Gasteiger charge is 2.20. The van der Waals surface area contributed by atoms with Crippen molar-refractivity contribution in [3.63, 3.8) is 0 Å². The molecule has 19 heavy (non-hydrogen) atoms. The number of nitrogens with zero attached hydrogens (tertiary/aromatic N) is 2. The van der Waals surface area contributed by atoms with E-state index in [1.165, 1.54) is 21.9 Å². The van der Waals surface area contributed by atoms with Crippen LogP contribution in [0.25, 0.3) is 0 Å².